The molecule has 0 aliphatic carbocycles. The number of hydrogen-bond acceptors (Lipinski definition) is 4. The van der Waals surface area contributed by atoms with Crippen molar-refractivity contribution in [1.82, 2.24) is 19.8 Å². The van der Waals surface area contributed by atoms with E-state index in [2.05, 4.69) is 9.97 Å². The molecule has 0 bridgehead atoms. The monoisotopic (exact) mass is 410 g/mol. The number of halogens is 1. The van der Waals surface area contributed by atoms with Gasteiger partial charge in [-0.1, -0.05) is 29.8 Å². The Morgan fingerprint density at radius 3 is 2.62 bits per heavy atom. The molecule has 29 heavy (non-hydrogen) atoms. The number of hydrogen-bond donors (Lipinski definition) is 1. The number of rotatable bonds is 3. The zero-order valence-corrected chi connectivity index (χ0v) is 16.5. The number of aromatic nitrogens is 2. The molecule has 4 rings (SSSR count). The maximum absolute atomic E-state index is 12.9. The Bertz CT molecular complexity index is 1100. The molecule has 2 amide bonds. The summed E-state index contributed by atoms with van der Waals surface area (Å²) in [5, 5.41) is 0.433. The second-order valence-electron chi connectivity index (χ2n) is 7.01. The topological polar surface area (TPSA) is 86.4 Å². The molecule has 8 heteroatoms. The predicted octanol–water partition coefficient (Wildman–Crippen LogP) is 2.77. The zero-order chi connectivity index (χ0) is 20.5. The highest BCUT2D eigenvalue weighted by molar-refractivity contribution is 6.45. The fraction of sp³-hybridized carbons (Fsp3) is 0.238. The smallest absolute Gasteiger partial charge is 0.295 e. The number of nitrogens with zero attached hydrogens (tertiary/aromatic N) is 3. The van der Waals surface area contributed by atoms with Gasteiger partial charge in [0.05, 0.1) is 16.1 Å². The molecule has 1 aromatic carbocycles. The molecule has 1 atom stereocenters. The van der Waals surface area contributed by atoms with Crippen LogP contribution in [0.1, 0.15) is 27.6 Å². The average molecular weight is 411 g/mol. The van der Waals surface area contributed by atoms with Gasteiger partial charge >= 0.3 is 0 Å². The Morgan fingerprint density at radius 1 is 1.14 bits per heavy atom. The van der Waals surface area contributed by atoms with Crippen LogP contribution in [0.15, 0.2) is 48.8 Å². The molecule has 1 aliphatic rings. The van der Waals surface area contributed by atoms with E-state index < -0.39 is 11.7 Å². The number of ketones is 1. The Balaban J connectivity index is 1.49. The molecule has 1 saturated heterocycles. The number of piperazine rings is 1. The van der Waals surface area contributed by atoms with Gasteiger partial charge in [-0.25, -0.2) is 0 Å². The molecule has 2 aromatic heterocycles. The number of aromatic amines is 1. The molecular weight excluding hydrogens is 392 g/mol. The van der Waals surface area contributed by atoms with E-state index in [0.29, 0.717) is 41.3 Å². The molecule has 3 heterocycles. The highest BCUT2D eigenvalue weighted by atomic mass is 35.5. The molecule has 1 N–H and O–H groups in total. The Hall–Kier alpha value is -3.19. The minimum Gasteiger partial charge on any atom is -0.358 e. The summed E-state index contributed by atoms with van der Waals surface area (Å²) in [6, 6.07) is 10.4. The van der Waals surface area contributed by atoms with Gasteiger partial charge in [0, 0.05) is 43.6 Å². The quantitative estimate of drug-likeness (QED) is 0.531. The van der Waals surface area contributed by atoms with Gasteiger partial charge in [-0.2, -0.15) is 0 Å². The second kappa shape index (κ2) is 7.67. The normalized spacial score (nSPS) is 16.8. The van der Waals surface area contributed by atoms with E-state index in [4.69, 9.17) is 11.6 Å². The lowest BCUT2D eigenvalue weighted by molar-refractivity contribution is -0.130. The molecule has 0 unspecified atom stereocenters. The van der Waals surface area contributed by atoms with Crippen molar-refractivity contribution in [2.24, 2.45) is 0 Å². The third-order valence-corrected chi connectivity index (χ3v) is 5.47. The van der Waals surface area contributed by atoms with E-state index in [1.54, 1.807) is 23.1 Å². The van der Waals surface area contributed by atoms with Crippen molar-refractivity contribution in [2.45, 2.75) is 13.0 Å². The second-order valence-corrected chi connectivity index (χ2v) is 7.42. The van der Waals surface area contributed by atoms with Crippen molar-refractivity contribution in [3.8, 4) is 0 Å². The van der Waals surface area contributed by atoms with Crippen LogP contribution in [0, 0.1) is 0 Å². The minimum absolute atomic E-state index is 0.0775. The fourth-order valence-corrected chi connectivity index (χ4v) is 3.82. The van der Waals surface area contributed by atoms with E-state index in [9.17, 15) is 14.4 Å². The molecule has 1 aliphatic heterocycles. The number of amides is 2. The maximum Gasteiger partial charge on any atom is 0.295 e. The first-order chi connectivity index (χ1) is 14.0. The van der Waals surface area contributed by atoms with Crippen molar-refractivity contribution in [3.05, 3.63) is 64.9 Å². The average Bonchev–Trinajstić information content (AvgIpc) is 3.18. The number of benzene rings is 1. The van der Waals surface area contributed by atoms with Gasteiger partial charge in [0.25, 0.3) is 17.6 Å². The molecule has 3 aromatic rings. The first-order valence-corrected chi connectivity index (χ1v) is 9.66. The molecular formula is C21H19ClN4O3. The highest BCUT2D eigenvalue weighted by Gasteiger charge is 2.34. The van der Waals surface area contributed by atoms with Crippen LogP contribution in [-0.4, -0.2) is 63.0 Å². The van der Waals surface area contributed by atoms with Gasteiger partial charge in [0.2, 0.25) is 0 Å². The number of fused-ring (bicyclic) bond motifs is 1. The largest absolute Gasteiger partial charge is 0.358 e. The summed E-state index contributed by atoms with van der Waals surface area (Å²) in [7, 11) is 0. The zero-order valence-electron chi connectivity index (χ0n) is 15.8. The van der Waals surface area contributed by atoms with E-state index in [1.165, 1.54) is 17.3 Å². The van der Waals surface area contributed by atoms with E-state index in [1.807, 2.05) is 25.1 Å². The van der Waals surface area contributed by atoms with Crippen LogP contribution in [0.3, 0.4) is 0 Å². The summed E-state index contributed by atoms with van der Waals surface area (Å²) in [4.78, 5) is 48.7. The van der Waals surface area contributed by atoms with Gasteiger partial charge in [-0.15, -0.1) is 0 Å². The SMILES string of the molecule is C[C@@H]1CN(C(=O)c2ccccc2)CCN1C(=O)C(=O)c1c[nH]c2c(Cl)ccnc12. The van der Waals surface area contributed by atoms with Crippen LogP contribution in [0.2, 0.25) is 5.02 Å². The summed E-state index contributed by atoms with van der Waals surface area (Å²) in [5.74, 6) is -1.32. The molecule has 0 radical (unpaired) electrons. The van der Waals surface area contributed by atoms with Crippen LogP contribution in [0.4, 0.5) is 0 Å². The first kappa shape index (κ1) is 19.1. The van der Waals surface area contributed by atoms with Gasteiger partial charge in [-0.05, 0) is 25.1 Å². The van der Waals surface area contributed by atoms with Crippen molar-refractivity contribution < 1.29 is 14.4 Å². The summed E-state index contributed by atoms with van der Waals surface area (Å²) >= 11 is 6.11. The first-order valence-electron chi connectivity index (χ1n) is 9.28. The van der Waals surface area contributed by atoms with Crippen molar-refractivity contribution in [3.63, 3.8) is 0 Å². The molecule has 148 valence electrons. The fourth-order valence-electron chi connectivity index (χ4n) is 3.62. The van der Waals surface area contributed by atoms with Crippen LogP contribution in [-0.2, 0) is 4.79 Å². The Labute approximate surface area is 172 Å². The van der Waals surface area contributed by atoms with Gasteiger partial charge in [-0.3, -0.25) is 19.4 Å². The molecule has 1 fully saturated rings. The molecule has 0 saturated carbocycles. The number of carbonyl (C=O) groups is 3. The lowest BCUT2D eigenvalue weighted by Gasteiger charge is -2.39. The van der Waals surface area contributed by atoms with E-state index in [-0.39, 0.29) is 17.5 Å². The summed E-state index contributed by atoms with van der Waals surface area (Å²) < 4.78 is 0. The standard InChI is InChI=1S/C21H19ClN4O3/c1-13-12-25(20(28)14-5-3-2-4-6-14)9-10-26(13)21(29)19(27)15-11-24-18-16(22)7-8-23-17(15)18/h2-8,11,13,24H,9-10,12H2,1H3/t13-/m1/s1. The van der Waals surface area contributed by atoms with Crippen LogP contribution in [0.25, 0.3) is 11.0 Å². The van der Waals surface area contributed by atoms with Crippen LogP contribution >= 0.6 is 11.6 Å². The Kier molecular flexibility index (Phi) is 5.07. The van der Waals surface area contributed by atoms with Crippen molar-refractivity contribution in [1.29, 1.82) is 0 Å². The Morgan fingerprint density at radius 2 is 1.90 bits per heavy atom. The van der Waals surface area contributed by atoms with Gasteiger partial charge in [0.15, 0.2) is 0 Å². The third-order valence-electron chi connectivity index (χ3n) is 5.15. The van der Waals surface area contributed by atoms with E-state index >= 15 is 0 Å². The van der Waals surface area contributed by atoms with Gasteiger partial charge < -0.3 is 14.8 Å². The number of Topliss-reactive ketones (excluding diaryl/α,β-unsaturated/α-hetero) is 1. The molecule has 0 spiro atoms. The number of carbonyl (C=O) groups excluding carboxylic acids is 3. The lowest BCUT2D eigenvalue weighted by atomic mass is 10.1. The summed E-state index contributed by atoms with van der Waals surface area (Å²) in [5.41, 5.74) is 1.71. The predicted molar refractivity (Wildman–Crippen MR) is 109 cm³/mol. The van der Waals surface area contributed by atoms with Crippen molar-refractivity contribution in [2.75, 3.05) is 19.6 Å². The minimum atomic E-state index is -0.638. The molecule has 7 nitrogen and oxygen atoms in total. The van der Waals surface area contributed by atoms with Gasteiger partial charge in [0.1, 0.15) is 5.52 Å². The van der Waals surface area contributed by atoms with Crippen LogP contribution < -0.4 is 0 Å². The third kappa shape index (κ3) is 3.49. The number of H-pyrrole nitrogens is 1. The summed E-state index contributed by atoms with van der Waals surface area (Å²) in [6.07, 6.45) is 2.96. The lowest BCUT2D eigenvalue weighted by Crippen LogP contribution is -2.56. The number of pyridine rings is 1. The number of nitrogens with one attached hydrogen (secondary N) is 1. The maximum atomic E-state index is 12.9. The summed E-state index contributed by atoms with van der Waals surface area (Å²) in [6.45, 7) is 2.86. The van der Waals surface area contributed by atoms with E-state index in [0.717, 1.165) is 0 Å². The highest BCUT2D eigenvalue weighted by Crippen LogP contribution is 2.24. The van der Waals surface area contributed by atoms with Crippen molar-refractivity contribution >= 4 is 40.2 Å². The van der Waals surface area contributed by atoms with Crippen LogP contribution in [0.5, 0.6) is 0 Å².